The van der Waals surface area contributed by atoms with E-state index in [1.165, 1.54) is 56.8 Å². The summed E-state index contributed by atoms with van der Waals surface area (Å²) in [6.07, 6.45) is 3.62. The molecule has 16 heteroatoms. The minimum Gasteiger partial charge on any atom is -0.497 e. The second kappa shape index (κ2) is 13.7. The number of nitrogens with zero attached hydrogens (tertiary/aromatic N) is 6. The maximum atomic E-state index is 15.2. The first-order valence-corrected chi connectivity index (χ1v) is 19.6. The van der Waals surface area contributed by atoms with Crippen molar-refractivity contribution >= 4 is 27.6 Å². The van der Waals surface area contributed by atoms with Crippen molar-refractivity contribution in [2.24, 2.45) is 5.41 Å². The predicted octanol–water partition coefficient (Wildman–Crippen LogP) is 2.54. The van der Waals surface area contributed by atoms with Gasteiger partial charge in [0, 0.05) is 74.6 Å². The summed E-state index contributed by atoms with van der Waals surface area (Å²) in [5.41, 5.74) is -1.42. The number of sulfonamides is 1. The van der Waals surface area contributed by atoms with E-state index in [2.05, 4.69) is 26.2 Å². The Balaban J connectivity index is 1.10. The zero-order valence-corrected chi connectivity index (χ0v) is 31.3. The Morgan fingerprint density at radius 1 is 1.02 bits per heavy atom. The topological polar surface area (TPSA) is 167 Å². The summed E-state index contributed by atoms with van der Waals surface area (Å²) in [5.74, 6) is -0.659. The highest BCUT2D eigenvalue weighted by atomic mass is 32.2. The molecule has 15 nitrogen and oxygen atoms in total. The smallest absolute Gasteiger partial charge is 0.318 e. The number of benzene rings is 2. The molecule has 4 saturated heterocycles. The molecule has 0 aliphatic carbocycles. The molecular weight excluding hydrogens is 715 g/mol. The van der Waals surface area contributed by atoms with Crippen LogP contribution in [0.4, 0.5) is 10.5 Å². The number of piperidine rings is 1. The van der Waals surface area contributed by atoms with Crippen molar-refractivity contribution in [1.82, 2.24) is 25.0 Å². The average Bonchev–Trinajstić information content (AvgIpc) is 3.37. The number of likely N-dealkylation sites (tertiary alicyclic amines) is 3. The summed E-state index contributed by atoms with van der Waals surface area (Å²) in [4.78, 5) is 40.3. The number of hydrogen-bond donors (Lipinski definition) is 1. The molecule has 8 rings (SSSR count). The summed E-state index contributed by atoms with van der Waals surface area (Å²) < 4.78 is 52.0. The van der Waals surface area contributed by atoms with Crippen LogP contribution in [0.25, 0.3) is 0 Å². The normalized spacial score (nSPS) is 22.8. The van der Waals surface area contributed by atoms with Gasteiger partial charge >= 0.3 is 6.03 Å². The fraction of sp³-hybridized carbons (Fsp3) is 0.474. The number of carbonyl (C=O) groups excluding carboxylic acids is 2. The van der Waals surface area contributed by atoms with E-state index < -0.39 is 27.5 Å². The number of rotatable bonds is 10. The van der Waals surface area contributed by atoms with Gasteiger partial charge in [0.05, 0.1) is 56.9 Å². The monoisotopic (exact) mass is 757 g/mol. The molecule has 0 saturated carbocycles. The zero-order valence-electron chi connectivity index (χ0n) is 30.5. The van der Waals surface area contributed by atoms with Gasteiger partial charge < -0.3 is 29.2 Å². The second-order valence-corrected chi connectivity index (χ2v) is 16.4. The predicted molar refractivity (Wildman–Crippen MR) is 195 cm³/mol. The van der Waals surface area contributed by atoms with Crippen LogP contribution < -0.4 is 23.8 Å². The fourth-order valence-electron chi connectivity index (χ4n) is 8.52. The molecule has 1 N–H and O–H groups in total. The standard InChI is InChI=1S/C38H43N7O8S/c1-4-53-34-29(6-5-13-40-34)38(41-36(47)43-19-27(20-43)42-14-11-26(12-15-42)44-21-37(22-44)23-52-24-37)30-16-25(18-39)7-9-31(30)45(35(38)46)54(48,49)33-10-8-28(50-2)17-32(33)51-3/h5-10,13,16-17,26-27H,4,11-12,14-15,19-24H2,1-3H3,(H,41,47). The lowest BCUT2D eigenvalue weighted by atomic mass is 9.76. The van der Waals surface area contributed by atoms with Gasteiger partial charge in [-0.1, -0.05) is 0 Å². The van der Waals surface area contributed by atoms with Crippen LogP contribution in [0.15, 0.2) is 59.6 Å². The number of pyridine rings is 1. The number of methoxy groups -OCH3 is 2. The molecule has 0 bridgehead atoms. The van der Waals surface area contributed by atoms with Gasteiger partial charge in [0.2, 0.25) is 5.88 Å². The quantitative estimate of drug-likeness (QED) is 0.322. The lowest BCUT2D eigenvalue weighted by Gasteiger charge is -2.59. The van der Waals surface area contributed by atoms with Gasteiger partial charge in [-0.3, -0.25) is 14.6 Å². The molecule has 3 amide bonds. The first-order valence-electron chi connectivity index (χ1n) is 18.1. The fourth-order valence-corrected chi connectivity index (χ4v) is 10.1. The van der Waals surface area contributed by atoms with Gasteiger partial charge in [-0.2, -0.15) is 9.57 Å². The molecular formula is C38H43N7O8S. The van der Waals surface area contributed by atoms with Crippen LogP contribution in [0.2, 0.25) is 0 Å². The van der Waals surface area contributed by atoms with Gasteiger partial charge in [-0.25, -0.2) is 18.2 Å². The first-order chi connectivity index (χ1) is 26.1. The SMILES string of the molecule is CCOc1ncccc1C1(NC(=O)N2CC(N3CCC(N4CC5(COC5)C4)CC3)C2)C(=O)N(S(=O)(=O)c2ccc(OC)cc2OC)c2ccc(C#N)cc21. The van der Waals surface area contributed by atoms with Gasteiger partial charge in [-0.15, -0.1) is 0 Å². The Morgan fingerprint density at radius 2 is 1.78 bits per heavy atom. The molecule has 54 heavy (non-hydrogen) atoms. The summed E-state index contributed by atoms with van der Waals surface area (Å²) in [6.45, 7) is 8.65. The van der Waals surface area contributed by atoms with Crippen molar-refractivity contribution in [3.05, 3.63) is 71.4 Å². The number of urea groups is 1. The third-order valence-corrected chi connectivity index (χ3v) is 13.2. The molecule has 2 aromatic carbocycles. The average molecular weight is 758 g/mol. The summed E-state index contributed by atoms with van der Waals surface area (Å²) in [6, 6.07) is 13.8. The highest BCUT2D eigenvalue weighted by Gasteiger charge is 2.60. The number of anilines is 1. The molecule has 4 fully saturated rings. The van der Waals surface area contributed by atoms with Gasteiger partial charge in [0.25, 0.3) is 15.9 Å². The summed E-state index contributed by atoms with van der Waals surface area (Å²) in [5, 5.41) is 12.9. The molecule has 284 valence electrons. The van der Waals surface area contributed by atoms with Crippen molar-refractivity contribution in [2.75, 3.05) is 77.6 Å². The lowest BCUT2D eigenvalue weighted by molar-refractivity contribution is -0.201. The molecule has 3 aromatic rings. The molecule has 6 heterocycles. The van der Waals surface area contributed by atoms with Crippen LogP contribution in [-0.4, -0.2) is 125 Å². The zero-order chi connectivity index (χ0) is 37.8. The Hall–Kier alpha value is -4.95. The number of carbonyl (C=O) groups is 2. The highest BCUT2D eigenvalue weighted by molar-refractivity contribution is 7.93. The van der Waals surface area contributed by atoms with E-state index in [9.17, 15) is 18.5 Å². The number of amides is 3. The van der Waals surface area contributed by atoms with Crippen molar-refractivity contribution in [3.8, 4) is 23.4 Å². The van der Waals surface area contributed by atoms with E-state index in [0.29, 0.717) is 34.6 Å². The highest BCUT2D eigenvalue weighted by Crippen LogP contribution is 2.50. The number of ether oxygens (including phenoxy) is 4. The van der Waals surface area contributed by atoms with Gasteiger partial charge in [0.15, 0.2) is 5.54 Å². The molecule has 1 unspecified atom stereocenters. The van der Waals surface area contributed by atoms with E-state index in [1.807, 2.05) is 0 Å². The summed E-state index contributed by atoms with van der Waals surface area (Å²) >= 11 is 0. The largest absolute Gasteiger partial charge is 0.497 e. The van der Waals surface area contributed by atoms with Gasteiger partial charge in [0.1, 0.15) is 16.4 Å². The van der Waals surface area contributed by atoms with Crippen molar-refractivity contribution in [3.63, 3.8) is 0 Å². The second-order valence-electron chi connectivity index (χ2n) is 14.6. The molecule has 1 aromatic heterocycles. The van der Waals surface area contributed by atoms with E-state index >= 15 is 4.79 Å². The summed E-state index contributed by atoms with van der Waals surface area (Å²) in [7, 11) is -1.95. The molecule has 0 radical (unpaired) electrons. The van der Waals surface area contributed by atoms with E-state index in [-0.39, 0.29) is 51.6 Å². The molecule has 5 aliphatic heterocycles. The molecule has 1 atom stereocenters. The Morgan fingerprint density at radius 3 is 2.43 bits per heavy atom. The van der Waals surface area contributed by atoms with E-state index in [1.54, 1.807) is 24.0 Å². The number of nitrogens with one attached hydrogen (secondary N) is 1. The Labute approximate surface area is 314 Å². The van der Waals surface area contributed by atoms with Crippen LogP contribution in [0.1, 0.15) is 36.5 Å². The third kappa shape index (κ3) is 5.72. The van der Waals surface area contributed by atoms with Crippen LogP contribution in [-0.2, 0) is 25.1 Å². The maximum absolute atomic E-state index is 15.2. The third-order valence-electron chi connectivity index (χ3n) is 11.5. The van der Waals surface area contributed by atoms with Crippen LogP contribution in [0, 0.1) is 16.7 Å². The van der Waals surface area contributed by atoms with Crippen LogP contribution in [0.5, 0.6) is 17.4 Å². The van der Waals surface area contributed by atoms with Crippen LogP contribution >= 0.6 is 0 Å². The number of nitriles is 1. The van der Waals surface area contributed by atoms with E-state index in [0.717, 1.165) is 52.2 Å². The molecule has 5 aliphatic rings. The Bertz CT molecular complexity index is 2120. The number of fused-ring (bicyclic) bond motifs is 1. The Kier molecular flexibility index (Phi) is 9.16. The maximum Gasteiger partial charge on any atom is 0.318 e. The minimum atomic E-state index is -4.70. The van der Waals surface area contributed by atoms with Crippen molar-refractivity contribution < 1.29 is 37.0 Å². The van der Waals surface area contributed by atoms with E-state index in [4.69, 9.17) is 18.9 Å². The first kappa shape index (κ1) is 36.0. The number of aromatic nitrogens is 1. The number of hydrogen-bond acceptors (Lipinski definition) is 12. The molecule has 1 spiro atoms. The van der Waals surface area contributed by atoms with Crippen molar-refractivity contribution in [2.45, 2.75) is 42.3 Å². The van der Waals surface area contributed by atoms with Crippen LogP contribution in [0.3, 0.4) is 0 Å². The lowest BCUT2D eigenvalue weighted by Crippen LogP contribution is -2.70. The van der Waals surface area contributed by atoms with Crippen molar-refractivity contribution in [1.29, 1.82) is 5.26 Å². The van der Waals surface area contributed by atoms with Gasteiger partial charge in [-0.05, 0) is 62.2 Å². The minimum absolute atomic E-state index is 0.0329.